The molecular weight excluding hydrogens is 344 g/mol. The molecule has 0 bridgehead atoms. The Balaban J connectivity index is 1.83. The molecule has 2 fully saturated rings. The van der Waals surface area contributed by atoms with Crippen LogP contribution in [-0.2, 0) is 0 Å². The number of allylic oxidation sites excluding steroid dienone is 3. The van der Waals surface area contributed by atoms with Gasteiger partial charge in [0.2, 0.25) is 0 Å². The van der Waals surface area contributed by atoms with E-state index >= 15 is 0 Å². The van der Waals surface area contributed by atoms with Crippen LogP contribution < -0.4 is 5.73 Å². The fraction of sp³-hybridized carbons (Fsp3) is 0.667. The van der Waals surface area contributed by atoms with Crippen LogP contribution in [0.1, 0.15) is 12.8 Å². The molecule has 3 rings (SSSR count). The molecule has 1 aliphatic carbocycles. The molecule has 2 saturated heterocycles. The zero-order chi connectivity index (χ0) is 12.0. The molecule has 2 unspecified atom stereocenters. The normalized spacial score (nSPS) is 41.8. The summed E-state index contributed by atoms with van der Waals surface area (Å²) in [6.07, 6.45) is 9.25. The Morgan fingerprint density at radius 3 is 3.06 bits per heavy atom. The Hall–Kier alpha value is 0.360. The Labute approximate surface area is 119 Å². The maximum Gasteiger partial charge on any atom is 0.106 e. The van der Waals surface area contributed by atoms with E-state index in [1.807, 2.05) is 0 Å². The van der Waals surface area contributed by atoms with Gasteiger partial charge in [-0.25, -0.2) is 0 Å². The molecule has 17 heavy (non-hydrogen) atoms. The highest BCUT2D eigenvalue weighted by Crippen LogP contribution is 2.41. The van der Waals surface area contributed by atoms with Gasteiger partial charge in [0.15, 0.2) is 0 Å². The van der Waals surface area contributed by atoms with Crippen LogP contribution in [0.25, 0.3) is 0 Å². The first-order valence-electron chi connectivity index (χ1n) is 6.18. The van der Waals surface area contributed by atoms with Gasteiger partial charge < -0.3 is 10.6 Å². The fourth-order valence-electron chi connectivity index (χ4n) is 3.25. The summed E-state index contributed by atoms with van der Waals surface area (Å²) in [5, 5.41) is 0. The van der Waals surface area contributed by atoms with Crippen molar-refractivity contribution in [1.29, 1.82) is 0 Å². The van der Waals surface area contributed by atoms with Gasteiger partial charge in [-0.2, -0.15) is 0 Å². The average molecular weight is 363 g/mol. The number of nitrogens with zero attached hydrogens (tertiary/aromatic N) is 2. The molecule has 2 N–H and O–H groups in total. The Morgan fingerprint density at radius 1 is 1.53 bits per heavy atom. The third-order valence-corrected chi connectivity index (χ3v) is 5.48. The van der Waals surface area contributed by atoms with Gasteiger partial charge in [-0.15, -0.1) is 0 Å². The Bertz CT molecular complexity index is 384. The number of likely N-dealkylation sites (tertiary alicyclic amines) is 1. The lowest BCUT2D eigenvalue weighted by molar-refractivity contribution is 0.182. The summed E-state index contributed by atoms with van der Waals surface area (Å²) >= 11 is 2.48. The number of rotatable bonds is 1. The van der Waals surface area contributed by atoms with Crippen LogP contribution in [-0.4, -0.2) is 38.8 Å². The topological polar surface area (TPSA) is 32.5 Å². The molecule has 0 aromatic heterocycles. The number of hydrogen-bond donors (Lipinski definition) is 1. The number of hydrogen-bond acceptors (Lipinski definition) is 3. The van der Waals surface area contributed by atoms with Crippen molar-refractivity contribution in [3.05, 3.63) is 23.9 Å². The minimum Gasteiger partial charge on any atom is -0.352 e. The van der Waals surface area contributed by atoms with E-state index in [0.29, 0.717) is 9.84 Å². The van der Waals surface area contributed by atoms with Crippen molar-refractivity contribution in [2.45, 2.75) is 22.4 Å². The molecule has 0 aromatic rings. The van der Waals surface area contributed by atoms with Crippen molar-refractivity contribution >= 4 is 32.0 Å². The summed E-state index contributed by atoms with van der Waals surface area (Å²) in [5.41, 5.74) is 7.85. The highest BCUT2D eigenvalue weighted by molar-refractivity contribution is 14.1. The number of alkyl halides is 1. The van der Waals surface area contributed by atoms with Crippen LogP contribution >= 0.6 is 32.0 Å². The van der Waals surface area contributed by atoms with Crippen LogP contribution in [0, 0.1) is 5.92 Å². The molecule has 2 aliphatic heterocycles. The molecule has 0 amide bonds. The second kappa shape index (κ2) is 4.48. The second-order valence-electron chi connectivity index (χ2n) is 5.30. The highest BCUT2D eigenvalue weighted by Gasteiger charge is 2.51. The molecule has 0 saturated carbocycles. The highest BCUT2D eigenvalue weighted by atomic mass is 127. The molecule has 94 valence electrons. The van der Waals surface area contributed by atoms with Gasteiger partial charge in [-0.3, -0.25) is 4.67 Å². The largest absolute Gasteiger partial charge is 0.352 e. The van der Waals surface area contributed by atoms with Crippen molar-refractivity contribution in [2.75, 3.05) is 19.6 Å². The second-order valence-corrected chi connectivity index (χ2v) is 7.63. The third-order valence-electron chi connectivity index (χ3n) is 4.16. The minimum absolute atomic E-state index is 0.143. The van der Waals surface area contributed by atoms with Crippen LogP contribution in [0.5, 0.6) is 0 Å². The summed E-state index contributed by atoms with van der Waals surface area (Å²) < 4.78 is 2.93. The van der Waals surface area contributed by atoms with Gasteiger partial charge in [0.1, 0.15) is 5.66 Å². The lowest BCUT2D eigenvalue weighted by Gasteiger charge is -2.38. The van der Waals surface area contributed by atoms with Gasteiger partial charge in [0, 0.05) is 35.2 Å². The lowest BCUT2D eigenvalue weighted by Crippen LogP contribution is -2.56. The van der Waals surface area contributed by atoms with Gasteiger partial charge >= 0.3 is 0 Å². The summed E-state index contributed by atoms with van der Waals surface area (Å²) in [4.78, 5) is 2.43. The van der Waals surface area contributed by atoms with Crippen LogP contribution in [0.4, 0.5) is 0 Å². The Kier molecular flexibility index (Phi) is 3.27. The monoisotopic (exact) mass is 363 g/mol. The summed E-state index contributed by atoms with van der Waals surface area (Å²) in [6.45, 7) is 3.19. The zero-order valence-corrected chi connectivity index (χ0v) is 13.2. The van der Waals surface area contributed by atoms with Crippen molar-refractivity contribution < 1.29 is 0 Å². The van der Waals surface area contributed by atoms with E-state index in [4.69, 9.17) is 5.73 Å². The smallest absolute Gasteiger partial charge is 0.106 e. The van der Waals surface area contributed by atoms with Crippen LogP contribution in [0.15, 0.2) is 23.9 Å². The SMILES string of the molecule is N[C@]12CN(P)C[C@H]1CCN2C1=CCC(I)C=C1. The van der Waals surface area contributed by atoms with E-state index in [2.05, 4.69) is 59.8 Å². The standard InChI is InChI=1S/C12H19IN3P/c13-10-1-3-11(4-2-10)16-6-5-9-7-15(17)8-12(9,16)14/h1,3-4,9-10H,2,5-8,14,17H2/t9-,10?,12+/m1/s1. The molecule has 3 nitrogen and oxygen atoms in total. The number of halogens is 1. The zero-order valence-electron chi connectivity index (χ0n) is 9.85. The Morgan fingerprint density at radius 2 is 2.35 bits per heavy atom. The first-order valence-corrected chi connectivity index (χ1v) is 7.94. The van der Waals surface area contributed by atoms with Gasteiger partial charge in [0.25, 0.3) is 0 Å². The van der Waals surface area contributed by atoms with Crippen LogP contribution in [0.3, 0.4) is 0 Å². The van der Waals surface area contributed by atoms with E-state index in [1.54, 1.807) is 0 Å². The molecule has 3 aliphatic rings. The third kappa shape index (κ3) is 2.07. The molecule has 0 spiro atoms. The van der Waals surface area contributed by atoms with Crippen molar-refractivity contribution in [3.63, 3.8) is 0 Å². The van der Waals surface area contributed by atoms with E-state index in [0.717, 1.165) is 26.1 Å². The predicted octanol–water partition coefficient (Wildman–Crippen LogP) is 1.72. The molecule has 0 radical (unpaired) electrons. The van der Waals surface area contributed by atoms with E-state index in [1.165, 1.54) is 12.1 Å². The number of nitrogens with two attached hydrogens (primary N) is 1. The molecule has 5 heteroatoms. The molecule has 0 aromatic carbocycles. The van der Waals surface area contributed by atoms with E-state index in [-0.39, 0.29) is 5.66 Å². The minimum atomic E-state index is -0.143. The number of fused-ring (bicyclic) bond motifs is 1. The maximum absolute atomic E-state index is 6.66. The predicted molar refractivity (Wildman–Crippen MR) is 82.7 cm³/mol. The van der Waals surface area contributed by atoms with Gasteiger partial charge in [-0.1, -0.05) is 44.1 Å². The van der Waals surface area contributed by atoms with Crippen LogP contribution in [0.2, 0.25) is 0 Å². The first kappa shape index (κ1) is 12.4. The molecule has 4 atom stereocenters. The van der Waals surface area contributed by atoms with Crippen molar-refractivity contribution in [3.8, 4) is 0 Å². The first-order chi connectivity index (χ1) is 8.09. The van der Waals surface area contributed by atoms with Crippen molar-refractivity contribution in [2.24, 2.45) is 11.7 Å². The molecule has 2 heterocycles. The van der Waals surface area contributed by atoms with Gasteiger partial charge in [0.05, 0.1) is 0 Å². The summed E-state index contributed by atoms with van der Waals surface area (Å²) in [7, 11) is 2.80. The van der Waals surface area contributed by atoms with Crippen molar-refractivity contribution in [1.82, 2.24) is 9.57 Å². The average Bonchev–Trinajstić information content (AvgIpc) is 2.72. The quantitative estimate of drug-likeness (QED) is 0.438. The maximum atomic E-state index is 6.66. The summed E-state index contributed by atoms with van der Waals surface area (Å²) in [5.74, 6) is 0.617. The molecular formula is C12H19IN3P. The van der Waals surface area contributed by atoms with E-state index in [9.17, 15) is 0 Å². The fourth-order valence-corrected chi connectivity index (χ4v) is 4.26. The van der Waals surface area contributed by atoms with E-state index < -0.39 is 0 Å². The lowest BCUT2D eigenvalue weighted by atomic mass is 9.97. The summed E-state index contributed by atoms with van der Waals surface area (Å²) in [6, 6.07) is 0. The van der Waals surface area contributed by atoms with Gasteiger partial charge in [-0.05, 0) is 18.9 Å².